The Kier molecular flexibility index (Phi) is 15.0. The molecular weight excluding hydrogens is 476 g/mol. The van der Waals surface area contributed by atoms with Crippen LogP contribution in [0.4, 0.5) is 0 Å². The third-order valence-electron chi connectivity index (χ3n) is 8.12. The first-order chi connectivity index (χ1) is 18.7. The van der Waals surface area contributed by atoms with Crippen molar-refractivity contribution in [1.82, 2.24) is 10.6 Å². The molecule has 1 saturated carbocycles. The van der Waals surface area contributed by atoms with Crippen LogP contribution in [0.1, 0.15) is 136 Å². The van der Waals surface area contributed by atoms with Crippen molar-refractivity contribution in [3.63, 3.8) is 0 Å². The highest BCUT2D eigenvalue weighted by atomic mass is 16.6. The number of benzene rings is 1. The number of unbranched alkanes of at least 4 members (excludes halogenated alkanes) is 12. The average molecular weight is 533 g/mol. The fourth-order valence-electron chi connectivity index (χ4n) is 5.72. The topological polar surface area (TPSA) is 79.8 Å². The Morgan fingerprint density at radius 3 is 2.11 bits per heavy atom. The summed E-state index contributed by atoms with van der Waals surface area (Å²) in [5.74, 6) is 1.40. The van der Waals surface area contributed by atoms with Crippen LogP contribution in [0.15, 0.2) is 18.2 Å². The number of fused-ring (bicyclic) bond motifs is 1. The largest absolute Gasteiger partial charge is 0.486 e. The first-order valence-electron chi connectivity index (χ1n) is 15.8. The van der Waals surface area contributed by atoms with Crippen LogP contribution in [0.2, 0.25) is 0 Å². The van der Waals surface area contributed by atoms with Crippen molar-refractivity contribution in [1.29, 1.82) is 0 Å². The molecule has 2 atom stereocenters. The van der Waals surface area contributed by atoms with Crippen molar-refractivity contribution >= 4 is 5.91 Å². The van der Waals surface area contributed by atoms with E-state index in [4.69, 9.17) is 9.47 Å². The Labute approximate surface area is 233 Å². The highest BCUT2D eigenvalue weighted by Crippen LogP contribution is 2.33. The molecule has 0 unspecified atom stereocenters. The van der Waals surface area contributed by atoms with Crippen LogP contribution in [0.5, 0.6) is 11.5 Å². The number of hydrogen-bond donors (Lipinski definition) is 3. The molecule has 1 aliphatic heterocycles. The zero-order chi connectivity index (χ0) is 26.8. The number of nitrogens with one attached hydrogen (secondary N) is 2. The van der Waals surface area contributed by atoms with Crippen LogP contribution in [0, 0.1) is 0 Å². The van der Waals surface area contributed by atoms with E-state index in [1.807, 2.05) is 18.2 Å². The minimum Gasteiger partial charge on any atom is -0.486 e. The van der Waals surface area contributed by atoms with Crippen LogP contribution in [-0.2, 0) is 4.79 Å². The summed E-state index contributed by atoms with van der Waals surface area (Å²) < 4.78 is 11.3. The molecule has 6 heteroatoms. The monoisotopic (exact) mass is 532 g/mol. The second-order valence-corrected chi connectivity index (χ2v) is 11.4. The molecule has 6 nitrogen and oxygen atoms in total. The van der Waals surface area contributed by atoms with Gasteiger partial charge in [0.2, 0.25) is 5.91 Å². The van der Waals surface area contributed by atoms with Gasteiger partial charge in [-0.25, -0.2) is 0 Å². The first kappa shape index (κ1) is 30.7. The van der Waals surface area contributed by atoms with Crippen LogP contribution in [0.3, 0.4) is 0 Å². The van der Waals surface area contributed by atoms with Crippen LogP contribution in [-0.4, -0.2) is 42.9 Å². The number of amides is 1. The van der Waals surface area contributed by atoms with E-state index in [0.29, 0.717) is 43.7 Å². The van der Waals surface area contributed by atoms with Gasteiger partial charge in [-0.3, -0.25) is 4.79 Å². The summed E-state index contributed by atoms with van der Waals surface area (Å²) in [5.41, 5.74) is 0.744. The summed E-state index contributed by atoms with van der Waals surface area (Å²) in [5, 5.41) is 18.0. The standard InChI is InChI=1S/C32H54N2O4.H2/c1-2-3-4-5-6-7-8-9-10-11-12-13-14-19-31(35)34-28(25-33-27-17-15-16-18-27)32(36)26-20-21-29-30(24-26)38-23-22-37-29;/h20-21,24,27-28,32-33,36H,2-19,22-23,25H2,1H3,(H,34,35);1H/t28-,32-;/m1./s1. The lowest BCUT2D eigenvalue weighted by Gasteiger charge is -2.27. The lowest BCUT2D eigenvalue weighted by atomic mass is 10.0. The van der Waals surface area contributed by atoms with Crippen molar-refractivity contribution in [2.24, 2.45) is 0 Å². The molecule has 1 heterocycles. The Bertz CT molecular complexity index is 787. The minimum absolute atomic E-state index is 0. The second-order valence-electron chi connectivity index (χ2n) is 11.4. The summed E-state index contributed by atoms with van der Waals surface area (Å²) in [6, 6.07) is 5.67. The molecule has 38 heavy (non-hydrogen) atoms. The van der Waals surface area contributed by atoms with Gasteiger partial charge < -0.3 is 25.2 Å². The van der Waals surface area contributed by atoms with Gasteiger partial charge in [0.25, 0.3) is 0 Å². The predicted molar refractivity (Wildman–Crippen MR) is 157 cm³/mol. The van der Waals surface area contributed by atoms with E-state index >= 15 is 0 Å². The van der Waals surface area contributed by atoms with Crippen molar-refractivity contribution in [2.45, 2.75) is 141 Å². The third-order valence-corrected chi connectivity index (χ3v) is 8.12. The Morgan fingerprint density at radius 1 is 0.895 bits per heavy atom. The first-order valence-corrected chi connectivity index (χ1v) is 15.8. The zero-order valence-electron chi connectivity index (χ0n) is 24.0. The Hall–Kier alpha value is -1.79. The highest BCUT2D eigenvalue weighted by molar-refractivity contribution is 5.76. The van der Waals surface area contributed by atoms with E-state index in [0.717, 1.165) is 18.4 Å². The van der Waals surface area contributed by atoms with Gasteiger partial charge in [0.05, 0.1) is 6.04 Å². The number of aliphatic hydroxyl groups is 1. The molecule has 0 aromatic heterocycles. The van der Waals surface area contributed by atoms with Gasteiger partial charge in [0.15, 0.2) is 11.5 Å². The van der Waals surface area contributed by atoms with Crippen molar-refractivity contribution in [2.75, 3.05) is 19.8 Å². The molecule has 0 bridgehead atoms. The normalized spacial score (nSPS) is 16.9. The van der Waals surface area contributed by atoms with Gasteiger partial charge >= 0.3 is 0 Å². The number of ether oxygens (including phenoxy) is 2. The number of aliphatic hydroxyl groups excluding tert-OH is 1. The summed E-state index contributed by atoms with van der Waals surface area (Å²) in [6.07, 6.45) is 21.4. The number of hydrogen-bond acceptors (Lipinski definition) is 5. The molecule has 1 fully saturated rings. The molecule has 0 spiro atoms. The van der Waals surface area contributed by atoms with Crippen molar-refractivity contribution < 1.29 is 20.8 Å². The third kappa shape index (κ3) is 11.5. The number of carbonyl (C=O) groups is 1. The molecule has 1 aromatic rings. The lowest BCUT2D eigenvalue weighted by molar-refractivity contribution is -0.122. The molecule has 0 radical (unpaired) electrons. The lowest BCUT2D eigenvalue weighted by Crippen LogP contribution is -2.47. The number of carbonyl (C=O) groups excluding carboxylic acids is 1. The molecular formula is C32H56N2O4. The molecule has 1 aliphatic carbocycles. The fourth-order valence-corrected chi connectivity index (χ4v) is 5.72. The van der Waals surface area contributed by atoms with Gasteiger partial charge in [0, 0.05) is 20.4 Å². The average Bonchev–Trinajstić information content (AvgIpc) is 3.46. The molecule has 3 rings (SSSR count). The van der Waals surface area contributed by atoms with Crippen molar-refractivity contribution in [3.05, 3.63) is 23.8 Å². The van der Waals surface area contributed by atoms with E-state index in [1.165, 1.54) is 96.3 Å². The SMILES string of the molecule is CCCCCCCCCCCCCCCC(=O)N[C@H](CNC1CCCC1)[C@H](O)c1ccc2c(c1)OCCO2.[HH]. The molecule has 2 aliphatic rings. The smallest absolute Gasteiger partial charge is 0.220 e. The number of rotatable bonds is 20. The zero-order valence-corrected chi connectivity index (χ0v) is 24.0. The van der Waals surface area contributed by atoms with Gasteiger partial charge in [0.1, 0.15) is 19.3 Å². The summed E-state index contributed by atoms with van der Waals surface area (Å²) in [4.78, 5) is 12.8. The van der Waals surface area contributed by atoms with Crippen LogP contribution < -0.4 is 20.1 Å². The molecule has 0 saturated heterocycles. The van der Waals surface area contributed by atoms with E-state index in [-0.39, 0.29) is 13.4 Å². The highest BCUT2D eigenvalue weighted by Gasteiger charge is 2.26. The van der Waals surface area contributed by atoms with Gasteiger partial charge in [-0.05, 0) is 37.0 Å². The van der Waals surface area contributed by atoms with E-state index in [2.05, 4.69) is 17.6 Å². The predicted octanol–water partition coefficient (Wildman–Crippen LogP) is 7.24. The van der Waals surface area contributed by atoms with Crippen LogP contribution in [0.25, 0.3) is 0 Å². The van der Waals surface area contributed by atoms with E-state index < -0.39 is 6.10 Å². The van der Waals surface area contributed by atoms with Gasteiger partial charge in [-0.15, -0.1) is 0 Å². The molecule has 1 aromatic carbocycles. The Balaban J connectivity index is 0.00000533. The Morgan fingerprint density at radius 2 is 1.47 bits per heavy atom. The molecule has 1 amide bonds. The maximum absolute atomic E-state index is 12.8. The van der Waals surface area contributed by atoms with Gasteiger partial charge in [-0.2, -0.15) is 0 Å². The summed E-state index contributed by atoms with van der Waals surface area (Å²) >= 11 is 0. The van der Waals surface area contributed by atoms with Gasteiger partial charge in [-0.1, -0.05) is 103 Å². The second kappa shape index (κ2) is 18.5. The fraction of sp³-hybridized carbons (Fsp3) is 0.781. The maximum atomic E-state index is 12.8. The van der Waals surface area contributed by atoms with E-state index in [1.54, 1.807) is 0 Å². The van der Waals surface area contributed by atoms with E-state index in [9.17, 15) is 9.90 Å². The minimum atomic E-state index is -0.810. The van der Waals surface area contributed by atoms with Crippen LogP contribution >= 0.6 is 0 Å². The quantitative estimate of drug-likeness (QED) is 0.154. The maximum Gasteiger partial charge on any atom is 0.220 e. The summed E-state index contributed by atoms with van der Waals surface area (Å²) in [6.45, 7) is 3.88. The molecule has 218 valence electrons. The summed E-state index contributed by atoms with van der Waals surface area (Å²) in [7, 11) is 0. The molecule has 3 N–H and O–H groups in total. The van der Waals surface area contributed by atoms with Crippen molar-refractivity contribution in [3.8, 4) is 11.5 Å².